The van der Waals surface area contributed by atoms with Gasteiger partial charge in [0.1, 0.15) is 11.9 Å². The van der Waals surface area contributed by atoms with Crippen molar-refractivity contribution in [3.8, 4) is 0 Å². The first-order valence-corrected chi connectivity index (χ1v) is 6.97. The highest BCUT2D eigenvalue weighted by Gasteiger charge is 2.18. The largest absolute Gasteiger partial charge is 0.384 e. The van der Waals surface area contributed by atoms with Crippen molar-refractivity contribution in [1.29, 1.82) is 0 Å². The minimum atomic E-state index is -1.02. The average Bonchev–Trinajstić information content (AvgIpc) is 2.33. The zero-order chi connectivity index (χ0) is 14.2. The van der Waals surface area contributed by atoms with E-state index in [0.717, 1.165) is 11.1 Å². The first-order chi connectivity index (χ1) is 8.90. The standard InChI is InChI=1S/C15H13BrClFO/c1-8-3-4-10(9(2)5-8)15(19)11-6-13(17)12(16)7-14(11)18/h3-7,15,19H,1-2H3. The lowest BCUT2D eigenvalue weighted by molar-refractivity contribution is 0.214. The fourth-order valence-corrected chi connectivity index (χ4v) is 2.53. The summed E-state index contributed by atoms with van der Waals surface area (Å²) >= 11 is 9.11. The van der Waals surface area contributed by atoms with Crippen LogP contribution in [0.1, 0.15) is 28.4 Å². The molecular formula is C15H13BrClFO. The summed E-state index contributed by atoms with van der Waals surface area (Å²) in [5, 5.41) is 10.7. The number of benzene rings is 2. The van der Waals surface area contributed by atoms with Gasteiger partial charge in [0.2, 0.25) is 0 Å². The van der Waals surface area contributed by atoms with Crippen molar-refractivity contribution in [1.82, 2.24) is 0 Å². The highest BCUT2D eigenvalue weighted by molar-refractivity contribution is 9.10. The molecular weight excluding hydrogens is 331 g/mol. The first kappa shape index (κ1) is 14.5. The van der Waals surface area contributed by atoms with Crippen LogP contribution in [0.2, 0.25) is 5.02 Å². The Kier molecular flexibility index (Phi) is 4.29. The number of rotatable bonds is 2. The van der Waals surface area contributed by atoms with Gasteiger partial charge in [0, 0.05) is 10.0 Å². The molecule has 0 amide bonds. The van der Waals surface area contributed by atoms with E-state index < -0.39 is 11.9 Å². The molecule has 1 atom stereocenters. The van der Waals surface area contributed by atoms with E-state index >= 15 is 0 Å². The molecule has 0 heterocycles. The number of aryl methyl sites for hydroxylation is 2. The van der Waals surface area contributed by atoms with Crippen LogP contribution in [0.15, 0.2) is 34.8 Å². The Morgan fingerprint density at radius 3 is 2.47 bits per heavy atom. The van der Waals surface area contributed by atoms with Crippen molar-refractivity contribution in [3.63, 3.8) is 0 Å². The molecule has 2 aromatic carbocycles. The Balaban J connectivity index is 2.49. The highest BCUT2D eigenvalue weighted by atomic mass is 79.9. The molecule has 1 N–H and O–H groups in total. The van der Waals surface area contributed by atoms with Crippen LogP contribution >= 0.6 is 27.5 Å². The molecule has 0 spiro atoms. The second-order valence-electron chi connectivity index (χ2n) is 4.55. The zero-order valence-corrected chi connectivity index (χ0v) is 12.9. The SMILES string of the molecule is Cc1ccc(C(O)c2cc(Cl)c(Br)cc2F)c(C)c1. The van der Waals surface area contributed by atoms with Crippen LogP contribution in [-0.4, -0.2) is 5.11 Å². The Hall–Kier alpha value is -0.900. The fourth-order valence-electron chi connectivity index (χ4n) is 2.05. The maximum Gasteiger partial charge on any atom is 0.130 e. The van der Waals surface area contributed by atoms with E-state index in [9.17, 15) is 9.50 Å². The van der Waals surface area contributed by atoms with E-state index in [0.29, 0.717) is 15.1 Å². The Morgan fingerprint density at radius 1 is 1.16 bits per heavy atom. The van der Waals surface area contributed by atoms with Crippen molar-refractivity contribution >= 4 is 27.5 Å². The number of aliphatic hydroxyl groups excluding tert-OH is 1. The molecule has 1 nitrogen and oxygen atoms in total. The van der Waals surface area contributed by atoms with Gasteiger partial charge in [0.15, 0.2) is 0 Å². The van der Waals surface area contributed by atoms with Gasteiger partial charge in [0.25, 0.3) is 0 Å². The summed E-state index contributed by atoms with van der Waals surface area (Å²) in [6, 6.07) is 8.38. The van der Waals surface area contributed by atoms with Gasteiger partial charge in [-0.2, -0.15) is 0 Å². The number of halogens is 3. The number of hydrogen-bond acceptors (Lipinski definition) is 1. The van der Waals surface area contributed by atoms with Gasteiger partial charge in [-0.3, -0.25) is 0 Å². The van der Waals surface area contributed by atoms with Crippen LogP contribution in [0.25, 0.3) is 0 Å². The molecule has 0 aliphatic heterocycles. The summed E-state index contributed by atoms with van der Waals surface area (Å²) in [6.45, 7) is 3.87. The number of hydrogen-bond donors (Lipinski definition) is 1. The molecule has 0 radical (unpaired) electrons. The predicted molar refractivity (Wildman–Crippen MR) is 79.1 cm³/mol. The van der Waals surface area contributed by atoms with Crippen LogP contribution in [0.3, 0.4) is 0 Å². The highest BCUT2D eigenvalue weighted by Crippen LogP contribution is 2.32. The maximum absolute atomic E-state index is 13.9. The molecule has 100 valence electrons. The molecule has 0 saturated heterocycles. The monoisotopic (exact) mass is 342 g/mol. The summed E-state index contributed by atoms with van der Waals surface area (Å²) in [4.78, 5) is 0. The minimum absolute atomic E-state index is 0.181. The summed E-state index contributed by atoms with van der Waals surface area (Å²) in [6.07, 6.45) is -1.02. The molecule has 2 rings (SSSR count). The summed E-state index contributed by atoms with van der Waals surface area (Å²) in [5.41, 5.74) is 2.89. The lowest BCUT2D eigenvalue weighted by Gasteiger charge is -2.16. The third-order valence-electron chi connectivity index (χ3n) is 3.05. The van der Waals surface area contributed by atoms with Crippen LogP contribution in [0, 0.1) is 19.7 Å². The van der Waals surface area contributed by atoms with Crippen molar-refractivity contribution < 1.29 is 9.50 Å². The molecule has 2 aromatic rings. The molecule has 0 fully saturated rings. The molecule has 0 bridgehead atoms. The lowest BCUT2D eigenvalue weighted by atomic mass is 9.96. The summed E-state index contributed by atoms with van der Waals surface area (Å²) in [7, 11) is 0. The molecule has 0 aliphatic rings. The van der Waals surface area contributed by atoms with E-state index in [1.54, 1.807) is 0 Å². The lowest BCUT2D eigenvalue weighted by Crippen LogP contribution is -2.05. The van der Waals surface area contributed by atoms with Crippen LogP contribution in [-0.2, 0) is 0 Å². The quantitative estimate of drug-likeness (QED) is 0.766. The minimum Gasteiger partial charge on any atom is -0.384 e. The smallest absolute Gasteiger partial charge is 0.130 e. The molecule has 19 heavy (non-hydrogen) atoms. The maximum atomic E-state index is 13.9. The van der Waals surface area contributed by atoms with Crippen LogP contribution in [0.5, 0.6) is 0 Å². The van der Waals surface area contributed by atoms with Crippen molar-refractivity contribution in [2.75, 3.05) is 0 Å². The fraction of sp³-hybridized carbons (Fsp3) is 0.200. The third kappa shape index (κ3) is 2.99. The number of aliphatic hydroxyl groups is 1. The van der Waals surface area contributed by atoms with Gasteiger partial charge < -0.3 is 5.11 Å². The van der Waals surface area contributed by atoms with Crippen LogP contribution < -0.4 is 0 Å². The van der Waals surface area contributed by atoms with Crippen LogP contribution in [0.4, 0.5) is 4.39 Å². The third-order valence-corrected chi connectivity index (χ3v) is 4.25. The van der Waals surface area contributed by atoms with E-state index in [-0.39, 0.29) is 5.56 Å². The Bertz CT molecular complexity index is 628. The topological polar surface area (TPSA) is 20.2 Å². The Labute approximate surface area is 125 Å². The van der Waals surface area contributed by atoms with Crippen molar-refractivity contribution in [3.05, 3.63) is 67.9 Å². The van der Waals surface area contributed by atoms with E-state index in [2.05, 4.69) is 15.9 Å². The van der Waals surface area contributed by atoms with E-state index in [1.165, 1.54) is 12.1 Å². The van der Waals surface area contributed by atoms with Crippen molar-refractivity contribution in [2.24, 2.45) is 0 Å². The molecule has 0 saturated carbocycles. The van der Waals surface area contributed by atoms with Gasteiger partial charge >= 0.3 is 0 Å². The molecule has 0 aromatic heterocycles. The van der Waals surface area contributed by atoms with Gasteiger partial charge in [0.05, 0.1) is 5.02 Å². The normalized spacial score (nSPS) is 12.5. The second-order valence-corrected chi connectivity index (χ2v) is 5.81. The van der Waals surface area contributed by atoms with Crippen molar-refractivity contribution in [2.45, 2.75) is 20.0 Å². The first-order valence-electron chi connectivity index (χ1n) is 5.80. The average molecular weight is 344 g/mol. The van der Waals surface area contributed by atoms with Gasteiger partial charge in [-0.1, -0.05) is 35.4 Å². The molecule has 0 aliphatic carbocycles. The second kappa shape index (κ2) is 5.61. The van der Waals surface area contributed by atoms with E-state index in [1.807, 2.05) is 32.0 Å². The Morgan fingerprint density at radius 2 is 1.84 bits per heavy atom. The predicted octanol–water partition coefficient (Wildman–Crippen LogP) is 4.94. The zero-order valence-electron chi connectivity index (χ0n) is 10.5. The van der Waals surface area contributed by atoms with Gasteiger partial charge in [-0.05, 0) is 53.0 Å². The van der Waals surface area contributed by atoms with Gasteiger partial charge in [-0.25, -0.2) is 4.39 Å². The summed E-state index contributed by atoms with van der Waals surface area (Å²) in [5.74, 6) is -0.483. The van der Waals surface area contributed by atoms with Gasteiger partial charge in [-0.15, -0.1) is 0 Å². The molecule has 1 unspecified atom stereocenters. The molecule has 4 heteroatoms. The summed E-state index contributed by atoms with van der Waals surface area (Å²) < 4.78 is 14.4. The van der Waals surface area contributed by atoms with E-state index in [4.69, 9.17) is 11.6 Å².